The molecule has 0 aromatic heterocycles. The van der Waals surface area contributed by atoms with Crippen LogP contribution in [0.25, 0.3) is 0 Å². The molecule has 0 bridgehead atoms. The normalized spacial score (nSPS) is 12.5. The summed E-state index contributed by atoms with van der Waals surface area (Å²) in [5, 5.41) is 0. The van der Waals surface area contributed by atoms with Crippen molar-refractivity contribution in [3.8, 4) is 0 Å². The summed E-state index contributed by atoms with van der Waals surface area (Å²) in [7, 11) is 0. The van der Waals surface area contributed by atoms with Gasteiger partial charge in [0.05, 0.1) is 6.61 Å². The number of benzene rings is 1. The van der Waals surface area contributed by atoms with Crippen LogP contribution in [0.2, 0.25) is 0 Å². The zero-order valence-electron chi connectivity index (χ0n) is 9.53. The summed E-state index contributed by atoms with van der Waals surface area (Å²) in [4.78, 5) is 11.0. The lowest BCUT2D eigenvalue weighted by Gasteiger charge is -2.21. The summed E-state index contributed by atoms with van der Waals surface area (Å²) in [6.07, 6.45) is 0. The van der Waals surface area contributed by atoms with Crippen LogP contribution in [0.5, 0.6) is 0 Å². The smallest absolute Gasteiger partial charge is 0.379 e. The zero-order chi connectivity index (χ0) is 13.1. The molecular formula is C11H13ClF3NO2. The number of esters is 1. The highest BCUT2D eigenvalue weighted by atomic mass is 35.5. The number of carbonyl (C=O) groups is 1. The van der Waals surface area contributed by atoms with Crippen LogP contribution in [-0.2, 0) is 9.53 Å². The fourth-order valence-electron chi connectivity index (χ4n) is 1.23. The lowest BCUT2D eigenvalue weighted by Crippen LogP contribution is -2.41. The molecule has 0 saturated heterocycles. The Hall–Kier alpha value is -1.27. The van der Waals surface area contributed by atoms with Crippen molar-refractivity contribution in [2.24, 2.45) is 5.73 Å². The van der Waals surface area contributed by atoms with E-state index in [4.69, 9.17) is 5.73 Å². The average Bonchev–Trinajstić information content (AvgIpc) is 2.29. The molecule has 18 heavy (non-hydrogen) atoms. The van der Waals surface area contributed by atoms with Crippen LogP contribution in [0.15, 0.2) is 24.3 Å². The molecule has 0 aliphatic rings. The molecule has 2 N–H and O–H groups in total. The number of carbonyl (C=O) groups excluding carboxylic acids is 1. The highest BCUT2D eigenvalue weighted by Gasteiger charge is 2.47. The minimum atomic E-state index is -3.84. The molecule has 102 valence electrons. The molecule has 0 heterocycles. The van der Waals surface area contributed by atoms with Gasteiger partial charge < -0.3 is 10.5 Å². The van der Waals surface area contributed by atoms with Crippen LogP contribution in [0.1, 0.15) is 18.5 Å². The summed E-state index contributed by atoms with van der Waals surface area (Å²) in [5.41, 5.74) is 5.24. The average molecular weight is 284 g/mol. The van der Waals surface area contributed by atoms with Crippen molar-refractivity contribution in [1.29, 1.82) is 0 Å². The quantitative estimate of drug-likeness (QED) is 0.864. The number of alkyl halides is 2. The number of halogens is 4. The molecule has 0 amide bonds. The summed E-state index contributed by atoms with van der Waals surface area (Å²) in [6.45, 7) is 1.25. The fraction of sp³-hybridized carbons (Fsp3) is 0.364. The molecule has 0 aliphatic heterocycles. The van der Waals surface area contributed by atoms with Crippen LogP contribution in [0, 0.1) is 5.82 Å². The van der Waals surface area contributed by atoms with Gasteiger partial charge in [-0.05, 0) is 24.6 Å². The number of rotatable bonds is 4. The van der Waals surface area contributed by atoms with Crippen LogP contribution in [0.4, 0.5) is 13.2 Å². The molecule has 1 aromatic rings. The van der Waals surface area contributed by atoms with E-state index in [1.165, 1.54) is 6.92 Å². The van der Waals surface area contributed by atoms with Gasteiger partial charge >= 0.3 is 11.9 Å². The lowest BCUT2D eigenvalue weighted by molar-refractivity contribution is -0.174. The summed E-state index contributed by atoms with van der Waals surface area (Å²) >= 11 is 0. The predicted octanol–water partition coefficient (Wildman–Crippen LogP) is 2.45. The predicted molar refractivity (Wildman–Crippen MR) is 62.2 cm³/mol. The second-order valence-electron chi connectivity index (χ2n) is 3.37. The Labute approximate surface area is 109 Å². The summed E-state index contributed by atoms with van der Waals surface area (Å²) < 4.78 is 43.8. The second-order valence-corrected chi connectivity index (χ2v) is 3.37. The van der Waals surface area contributed by atoms with E-state index in [1.807, 2.05) is 0 Å². The number of hydrogen-bond donors (Lipinski definition) is 1. The lowest BCUT2D eigenvalue weighted by atomic mass is 10.0. The van der Waals surface area contributed by atoms with Crippen LogP contribution in [0.3, 0.4) is 0 Å². The molecule has 0 spiro atoms. The van der Waals surface area contributed by atoms with E-state index in [9.17, 15) is 18.0 Å². The third-order valence-corrected chi connectivity index (χ3v) is 2.17. The SMILES string of the molecule is CCOC(=O)C(F)(F)C(N)c1ccc(F)cc1.Cl. The minimum absolute atomic E-state index is 0. The second kappa shape index (κ2) is 6.61. The molecule has 0 radical (unpaired) electrons. The van der Waals surface area contributed by atoms with Crippen molar-refractivity contribution in [3.05, 3.63) is 35.6 Å². The van der Waals surface area contributed by atoms with Crippen LogP contribution >= 0.6 is 12.4 Å². The van der Waals surface area contributed by atoms with Gasteiger partial charge in [-0.25, -0.2) is 9.18 Å². The van der Waals surface area contributed by atoms with Gasteiger partial charge in [0.2, 0.25) is 0 Å². The molecule has 7 heteroatoms. The molecule has 1 rings (SSSR count). The van der Waals surface area contributed by atoms with Gasteiger partial charge in [-0.1, -0.05) is 12.1 Å². The Bertz CT molecular complexity index is 398. The van der Waals surface area contributed by atoms with Gasteiger partial charge in [0.15, 0.2) is 0 Å². The van der Waals surface area contributed by atoms with Crippen LogP contribution in [-0.4, -0.2) is 18.5 Å². The maximum atomic E-state index is 13.5. The van der Waals surface area contributed by atoms with E-state index >= 15 is 0 Å². The molecule has 3 nitrogen and oxygen atoms in total. The monoisotopic (exact) mass is 283 g/mol. The fourth-order valence-corrected chi connectivity index (χ4v) is 1.23. The first-order valence-corrected chi connectivity index (χ1v) is 4.95. The van der Waals surface area contributed by atoms with Gasteiger partial charge in [-0.2, -0.15) is 8.78 Å². The molecule has 0 saturated carbocycles. The van der Waals surface area contributed by atoms with Crippen molar-refractivity contribution >= 4 is 18.4 Å². The van der Waals surface area contributed by atoms with Gasteiger partial charge in [0.1, 0.15) is 11.9 Å². The maximum Gasteiger partial charge on any atom is 0.379 e. The minimum Gasteiger partial charge on any atom is -0.462 e. The maximum absolute atomic E-state index is 13.5. The third kappa shape index (κ3) is 3.61. The molecule has 1 atom stereocenters. The summed E-state index contributed by atoms with van der Waals surface area (Å²) in [5.74, 6) is -6.09. The molecule has 1 unspecified atom stereocenters. The Kier molecular flexibility index (Phi) is 6.14. The van der Waals surface area contributed by atoms with E-state index < -0.39 is 23.8 Å². The Morgan fingerprint density at radius 1 is 1.39 bits per heavy atom. The first-order chi connectivity index (χ1) is 7.89. The van der Waals surface area contributed by atoms with Gasteiger partial charge in [-0.3, -0.25) is 0 Å². The zero-order valence-corrected chi connectivity index (χ0v) is 10.3. The van der Waals surface area contributed by atoms with Gasteiger partial charge in [0, 0.05) is 0 Å². The van der Waals surface area contributed by atoms with Crippen molar-refractivity contribution in [1.82, 2.24) is 0 Å². The first-order valence-electron chi connectivity index (χ1n) is 4.95. The van der Waals surface area contributed by atoms with E-state index in [0.717, 1.165) is 24.3 Å². The standard InChI is InChI=1S/C11H12F3NO2.ClH/c1-2-17-10(16)11(13,14)9(15)7-3-5-8(12)6-4-7;/h3-6,9H,2,15H2,1H3;1H. The number of ether oxygens (including phenoxy) is 1. The van der Waals surface area contributed by atoms with Gasteiger partial charge in [-0.15, -0.1) is 12.4 Å². The largest absolute Gasteiger partial charge is 0.462 e. The highest BCUT2D eigenvalue weighted by molar-refractivity contribution is 5.85. The summed E-state index contributed by atoms with van der Waals surface area (Å²) in [6, 6.07) is 2.34. The Morgan fingerprint density at radius 3 is 2.33 bits per heavy atom. The number of nitrogens with two attached hydrogens (primary N) is 1. The van der Waals surface area contributed by atoms with E-state index in [1.54, 1.807) is 0 Å². The highest BCUT2D eigenvalue weighted by Crippen LogP contribution is 2.30. The Morgan fingerprint density at radius 2 is 1.89 bits per heavy atom. The van der Waals surface area contributed by atoms with Crippen molar-refractivity contribution in [3.63, 3.8) is 0 Å². The molecular weight excluding hydrogens is 271 g/mol. The topological polar surface area (TPSA) is 52.3 Å². The van der Waals surface area contributed by atoms with E-state index in [0.29, 0.717) is 0 Å². The first kappa shape index (κ1) is 16.7. The molecule has 0 aliphatic carbocycles. The van der Waals surface area contributed by atoms with Crippen LogP contribution < -0.4 is 5.73 Å². The van der Waals surface area contributed by atoms with Gasteiger partial charge in [0.25, 0.3) is 0 Å². The Balaban J connectivity index is 0.00000289. The third-order valence-electron chi connectivity index (χ3n) is 2.17. The van der Waals surface area contributed by atoms with Crippen molar-refractivity contribution < 1.29 is 22.7 Å². The number of hydrogen-bond acceptors (Lipinski definition) is 3. The molecule has 0 fully saturated rings. The van der Waals surface area contributed by atoms with E-state index in [-0.39, 0.29) is 24.6 Å². The van der Waals surface area contributed by atoms with Crippen molar-refractivity contribution in [2.75, 3.05) is 6.61 Å². The molecule has 1 aromatic carbocycles. The van der Waals surface area contributed by atoms with E-state index in [2.05, 4.69) is 4.74 Å². The van der Waals surface area contributed by atoms with Crippen molar-refractivity contribution in [2.45, 2.75) is 18.9 Å².